The highest BCUT2D eigenvalue weighted by Gasteiger charge is 2.26. The minimum Gasteiger partial charge on any atom is -0.445 e. The van der Waals surface area contributed by atoms with Crippen molar-refractivity contribution in [2.24, 2.45) is 5.92 Å². The average molecular weight is 583 g/mol. The second-order valence-corrected chi connectivity index (χ2v) is 10.7. The van der Waals surface area contributed by atoms with E-state index in [9.17, 15) is 19.5 Å². The Morgan fingerprint density at radius 3 is 2.66 bits per heavy atom. The molecule has 0 radical (unpaired) electrons. The van der Waals surface area contributed by atoms with Crippen LogP contribution in [0.3, 0.4) is 0 Å². The molecule has 2 aromatic carbocycles. The van der Waals surface area contributed by atoms with Crippen LogP contribution in [0, 0.1) is 5.92 Å². The number of aliphatic hydroxyl groups is 1. The van der Waals surface area contributed by atoms with E-state index in [-0.39, 0.29) is 24.0 Å². The highest BCUT2D eigenvalue weighted by molar-refractivity contribution is 9.10. The van der Waals surface area contributed by atoms with E-state index in [4.69, 9.17) is 16.3 Å². The fourth-order valence-electron chi connectivity index (χ4n) is 4.15. The summed E-state index contributed by atoms with van der Waals surface area (Å²) < 4.78 is 5.98. The smallest absolute Gasteiger partial charge is 0.410 e. The highest BCUT2D eigenvalue weighted by atomic mass is 79.9. The monoisotopic (exact) mass is 581 g/mol. The maximum atomic E-state index is 12.4. The van der Waals surface area contributed by atoms with Gasteiger partial charge in [0, 0.05) is 23.7 Å². The molecule has 1 amide bonds. The zero-order valence-corrected chi connectivity index (χ0v) is 21.9. The van der Waals surface area contributed by atoms with Gasteiger partial charge in [0.25, 0.3) is 5.56 Å². The van der Waals surface area contributed by atoms with Crippen molar-refractivity contribution in [1.29, 1.82) is 0 Å². The maximum absolute atomic E-state index is 12.4. The summed E-state index contributed by atoms with van der Waals surface area (Å²) in [7, 11) is 0. The molecular weight excluding hydrogens is 558 g/mol. The van der Waals surface area contributed by atoms with Crippen LogP contribution < -0.4 is 11.2 Å². The summed E-state index contributed by atoms with van der Waals surface area (Å²) in [4.78, 5) is 43.5. The van der Waals surface area contributed by atoms with E-state index >= 15 is 0 Å². The number of carbonyl (C=O) groups excluding carboxylic acids is 1. The molecular formula is C24H25BrClN3O5S. The third kappa shape index (κ3) is 6.49. The predicted octanol–water partition coefficient (Wildman–Crippen LogP) is 4.52. The lowest BCUT2D eigenvalue weighted by molar-refractivity contribution is 0.0747. The summed E-state index contributed by atoms with van der Waals surface area (Å²) in [5.74, 6) is 0.647. The third-order valence-corrected chi connectivity index (χ3v) is 8.85. The van der Waals surface area contributed by atoms with Gasteiger partial charge in [-0.15, -0.1) is 11.8 Å². The van der Waals surface area contributed by atoms with E-state index in [1.807, 2.05) is 30.3 Å². The zero-order valence-electron chi connectivity index (χ0n) is 18.8. The number of likely N-dealkylation sites (tertiary alicyclic amines) is 1. The van der Waals surface area contributed by atoms with Gasteiger partial charge in [0.15, 0.2) is 0 Å². The number of ether oxygens (including phenoxy) is 1. The Morgan fingerprint density at radius 1 is 1.23 bits per heavy atom. The van der Waals surface area contributed by atoms with E-state index in [1.54, 1.807) is 4.90 Å². The molecule has 0 aliphatic carbocycles. The summed E-state index contributed by atoms with van der Waals surface area (Å²) in [5.41, 5.74) is 0.210. The molecule has 0 spiro atoms. The van der Waals surface area contributed by atoms with Crippen LogP contribution in [0.15, 0.2) is 55.4 Å². The number of fused-ring (bicyclic) bond motifs is 1. The number of piperidine rings is 1. The van der Waals surface area contributed by atoms with E-state index in [2.05, 4.69) is 25.9 Å². The molecule has 0 unspecified atom stereocenters. The molecule has 11 heteroatoms. The van der Waals surface area contributed by atoms with Crippen molar-refractivity contribution in [3.8, 4) is 0 Å². The largest absolute Gasteiger partial charge is 0.445 e. The summed E-state index contributed by atoms with van der Waals surface area (Å²) in [6, 6.07) is 11.1. The molecule has 1 aromatic heterocycles. The van der Waals surface area contributed by atoms with Gasteiger partial charge in [0.1, 0.15) is 6.61 Å². The molecule has 2 heterocycles. The van der Waals surface area contributed by atoms with Crippen molar-refractivity contribution in [1.82, 2.24) is 14.9 Å². The number of aromatic nitrogens is 2. The van der Waals surface area contributed by atoms with Gasteiger partial charge < -0.3 is 19.7 Å². The van der Waals surface area contributed by atoms with Gasteiger partial charge in [-0.2, -0.15) is 0 Å². The van der Waals surface area contributed by atoms with Gasteiger partial charge in [0.05, 0.1) is 26.5 Å². The number of aliphatic hydroxyl groups excluding tert-OH is 1. The fourth-order valence-corrected chi connectivity index (χ4v) is 6.10. The summed E-state index contributed by atoms with van der Waals surface area (Å²) in [6.07, 6.45) is 1.25. The number of nitrogens with zero attached hydrogens (tertiary/aromatic N) is 1. The number of carbonyl (C=O) groups is 1. The number of benzene rings is 2. The maximum Gasteiger partial charge on any atom is 0.410 e. The Morgan fingerprint density at radius 2 is 1.94 bits per heavy atom. The molecule has 0 bridgehead atoms. The van der Waals surface area contributed by atoms with Crippen molar-refractivity contribution in [3.63, 3.8) is 0 Å². The first-order chi connectivity index (χ1) is 16.8. The van der Waals surface area contributed by atoms with Gasteiger partial charge in [0.2, 0.25) is 0 Å². The first-order valence-electron chi connectivity index (χ1n) is 11.2. The van der Waals surface area contributed by atoms with E-state index in [0.717, 1.165) is 18.4 Å². The van der Waals surface area contributed by atoms with Crippen LogP contribution >= 0.6 is 39.3 Å². The summed E-state index contributed by atoms with van der Waals surface area (Å²) in [6.45, 7) is 1.43. The van der Waals surface area contributed by atoms with Gasteiger partial charge in [-0.1, -0.05) is 41.9 Å². The molecule has 35 heavy (non-hydrogen) atoms. The Hall–Kier alpha value is -2.27. The van der Waals surface area contributed by atoms with E-state index < -0.39 is 17.4 Å². The number of halogens is 2. The number of nitrogens with one attached hydrogen (secondary N) is 2. The first kappa shape index (κ1) is 25.8. The van der Waals surface area contributed by atoms with Gasteiger partial charge >= 0.3 is 11.8 Å². The number of hydrogen-bond donors (Lipinski definition) is 3. The Kier molecular flexibility index (Phi) is 8.59. The molecule has 4 rings (SSSR count). The lowest BCUT2D eigenvalue weighted by atomic mass is 9.92. The second kappa shape index (κ2) is 11.6. The van der Waals surface area contributed by atoms with Crippen LogP contribution in [-0.4, -0.2) is 51.0 Å². The minimum absolute atomic E-state index is 0.250. The molecule has 1 aliphatic heterocycles. The minimum atomic E-state index is -0.604. The number of thioether (sulfide) groups is 1. The quantitative estimate of drug-likeness (QED) is 0.353. The number of rotatable bonds is 7. The second-order valence-electron chi connectivity index (χ2n) is 8.50. The SMILES string of the molecule is O=C(OCc1ccccc1)N1CCC(C[C@@H](O)CSc2c(Br)c(Cl)cc3c(=O)[nH]c(=O)[nH]c23)CC1. The number of aromatic amines is 2. The molecule has 1 saturated heterocycles. The fraction of sp³-hybridized carbons (Fsp3) is 0.375. The molecule has 8 nitrogen and oxygen atoms in total. The van der Waals surface area contributed by atoms with Crippen molar-refractivity contribution in [2.75, 3.05) is 18.8 Å². The predicted molar refractivity (Wildman–Crippen MR) is 140 cm³/mol. The topological polar surface area (TPSA) is 115 Å². The lowest BCUT2D eigenvalue weighted by Gasteiger charge is -2.32. The number of amides is 1. The Labute approximate surface area is 219 Å². The normalized spacial score (nSPS) is 15.3. The Balaban J connectivity index is 1.29. The van der Waals surface area contributed by atoms with Gasteiger partial charge in [-0.3, -0.25) is 9.78 Å². The molecule has 3 aromatic rings. The summed E-state index contributed by atoms with van der Waals surface area (Å²) in [5, 5.41) is 11.3. The number of H-pyrrole nitrogens is 2. The van der Waals surface area contributed by atoms with Crippen molar-refractivity contribution in [3.05, 3.63) is 72.3 Å². The lowest BCUT2D eigenvalue weighted by Crippen LogP contribution is -2.39. The zero-order chi connectivity index (χ0) is 24.9. The molecule has 1 atom stereocenters. The van der Waals surface area contributed by atoms with Crippen LogP contribution in [0.2, 0.25) is 5.02 Å². The van der Waals surface area contributed by atoms with Gasteiger partial charge in [-0.05, 0) is 52.7 Å². The third-order valence-electron chi connectivity index (χ3n) is 5.99. The molecule has 0 saturated carbocycles. The van der Waals surface area contributed by atoms with Crippen molar-refractivity contribution < 1.29 is 14.6 Å². The van der Waals surface area contributed by atoms with Crippen LogP contribution in [0.5, 0.6) is 0 Å². The summed E-state index contributed by atoms with van der Waals surface area (Å²) >= 11 is 11.0. The van der Waals surface area contributed by atoms with Crippen LogP contribution in [0.1, 0.15) is 24.8 Å². The molecule has 1 fully saturated rings. The van der Waals surface area contributed by atoms with Crippen LogP contribution in [-0.2, 0) is 11.3 Å². The molecule has 1 aliphatic rings. The molecule has 3 N–H and O–H groups in total. The first-order valence-corrected chi connectivity index (χ1v) is 13.4. The highest BCUT2D eigenvalue weighted by Crippen LogP contribution is 2.38. The van der Waals surface area contributed by atoms with Crippen LogP contribution in [0.4, 0.5) is 4.79 Å². The Bertz CT molecular complexity index is 1310. The van der Waals surface area contributed by atoms with E-state index in [0.29, 0.717) is 45.2 Å². The molecule has 186 valence electrons. The average Bonchev–Trinajstić information content (AvgIpc) is 2.84. The number of hydrogen-bond acceptors (Lipinski definition) is 6. The van der Waals surface area contributed by atoms with Crippen LogP contribution in [0.25, 0.3) is 10.9 Å². The van der Waals surface area contributed by atoms with Gasteiger partial charge in [-0.25, -0.2) is 9.59 Å². The van der Waals surface area contributed by atoms with Crippen molar-refractivity contribution in [2.45, 2.75) is 36.9 Å². The van der Waals surface area contributed by atoms with E-state index in [1.165, 1.54) is 17.8 Å². The standard InChI is InChI=1S/C24H25BrClN3O5S/c25-19-18(26)11-17-20(27-23(32)28-22(17)31)21(19)35-13-16(30)10-14-6-8-29(9-7-14)24(33)34-12-15-4-2-1-3-5-15/h1-5,11,14,16,30H,6-10,12-13H2,(H2,27,28,31,32)/t16-/m1/s1. The van der Waals surface area contributed by atoms with Crippen molar-refractivity contribution >= 4 is 56.3 Å².